The molecule has 0 fully saturated rings. The molecule has 0 radical (unpaired) electrons. The van der Waals surface area contributed by atoms with Crippen LogP contribution in [0.3, 0.4) is 0 Å². The molecule has 1 aromatic heterocycles. The molecular formula is C20H29N5OS. The molecule has 2 aromatic rings. The summed E-state index contributed by atoms with van der Waals surface area (Å²) >= 11 is 1.60. The van der Waals surface area contributed by atoms with E-state index in [1.54, 1.807) is 11.8 Å². The lowest BCUT2D eigenvalue weighted by Gasteiger charge is -2.16. The zero-order valence-electron chi connectivity index (χ0n) is 17.0. The maximum atomic E-state index is 12.1. The van der Waals surface area contributed by atoms with Crippen LogP contribution in [-0.2, 0) is 5.75 Å². The van der Waals surface area contributed by atoms with E-state index in [0.717, 1.165) is 40.1 Å². The van der Waals surface area contributed by atoms with Crippen molar-refractivity contribution in [2.75, 3.05) is 46.2 Å². The number of likely N-dealkylation sites (N-methyl/N-ethyl adjacent to an activating group) is 1. The number of hydrogen-bond donors (Lipinski definition) is 1. The van der Waals surface area contributed by atoms with Crippen LogP contribution in [0.5, 0.6) is 0 Å². The molecule has 6 nitrogen and oxygen atoms in total. The number of rotatable bonds is 8. The molecule has 2 rings (SSSR count). The minimum Gasteiger partial charge on any atom is -0.362 e. The topological polar surface area (TPSA) is 61.4 Å². The Labute approximate surface area is 166 Å². The zero-order chi connectivity index (χ0) is 20.0. The van der Waals surface area contributed by atoms with Crippen molar-refractivity contribution >= 4 is 23.5 Å². The van der Waals surface area contributed by atoms with Gasteiger partial charge in [-0.1, -0.05) is 23.9 Å². The smallest absolute Gasteiger partial charge is 0.251 e. The Bertz CT molecular complexity index is 775. The van der Waals surface area contributed by atoms with Gasteiger partial charge in [-0.05, 0) is 45.6 Å². The van der Waals surface area contributed by atoms with Crippen molar-refractivity contribution in [3.63, 3.8) is 0 Å². The first-order valence-corrected chi connectivity index (χ1v) is 9.93. The van der Waals surface area contributed by atoms with Crippen LogP contribution in [0.2, 0.25) is 0 Å². The standard InChI is InChI=1S/C20H29N5OS/c1-14-15(2)22-20(23-18(14)25(5)6)27-13-16-7-9-17(10-8-16)19(26)21-11-12-24(3)4/h7-10H,11-13H2,1-6H3,(H,21,26). The molecule has 0 aliphatic rings. The van der Waals surface area contributed by atoms with E-state index in [0.29, 0.717) is 12.1 Å². The van der Waals surface area contributed by atoms with Crippen LogP contribution in [0.1, 0.15) is 27.2 Å². The van der Waals surface area contributed by atoms with Crippen LogP contribution in [0, 0.1) is 13.8 Å². The van der Waals surface area contributed by atoms with Gasteiger partial charge in [0.25, 0.3) is 5.91 Å². The molecule has 7 heteroatoms. The number of amides is 1. The molecule has 0 atom stereocenters. The number of carbonyl (C=O) groups excluding carboxylic acids is 1. The fourth-order valence-corrected chi connectivity index (χ4v) is 3.32. The number of thioether (sulfide) groups is 1. The minimum atomic E-state index is -0.0378. The number of carbonyl (C=O) groups is 1. The van der Waals surface area contributed by atoms with Crippen LogP contribution >= 0.6 is 11.8 Å². The Morgan fingerprint density at radius 2 is 1.74 bits per heavy atom. The predicted molar refractivity (Wildman–Crippen MR) is 113 cm³/mol. The first-order valence-electron chi connectivity index (χ1n) is 8.95. The van der Waals surface area contributed by atoms with Gasteiger partial charge >= 0.3 is 0 Å². The van der Waals surface area contributed by atoms with Gasteiger partial charge in [0.1, 0.15) is 5.82 Å². The lowest BCUT2D eigenvalue weighted by molar-refractivity contribution is 0.0951. The van der Waals surface area contributed by atoms with Gasteiger partial charge in [-0.2, -0.15) is 0 Å². The highest BCUT2D eigenvalue weighted by Gasteiger charge is 2.11. The normalized spacial score (nSPS) is 10.9. The molecule has 0 saturated heterocycles. The van der Waals surface area contributed by atoms with Crippen LogP contribution < -0.4 is 10.2 Å². The molecule has 0 spiro atoms. The fraction of sp³-hybridized carbons (Fsp3) is 0.450. The van der Waals surface area contributed by atoms with Crippen LogP contribution in [-0.4, -0.2) is 62.1 Å². The highest BCUT2D eigenvalue weighted by Crippen LogP contribution is 2.25. The van der Waals surface area contributed by atoms with E-state index < -0.39 is 0 Å². The Balaban J connectivity index is 1.96. The van der Waals surface area contributed by atoms with Crippen LogP contribution in [0.4, 0.5) is 5.82 Å². The van der Waals surface area contributed by atoms with E-state index in [4.69, 9.17) is 0 Å². The monoisotopic (exact) mass is 387 g/mol. The van der Waals surface area contributed by atoms with Crippen molar-refractivity contribution in [2.24, 2.45) is 0 Å². The van der Waals surface area contributed by atoms with Gasteiger partial charge < -0.3 is 15.1 Å². The number of hydrogen-bond acceptors (Lipinski definition) is 6. The lowest BCUT2D eigenvalue weighted by Crippen LogP contribution is -2.31. The van der Waals surface area contributed by atoms with Gasteiger partial charge in [0, 0.05) is 49.8 Å². The second kappa shape index (κ2) is 9.71. The second-order valence-electron chi connectivity index (χ2n) is 6.98. The second-order valence-corrected chi connectivity index (χ2v) is 7.92. The molecule has 0 unspecified atom stereocenters. The summed E-state index contributed by atoms with van der Waals surface area (Å²) < 4.78 is 0. The number of aromatic nitrogens is 2. The van der Waals surface area contributed by atoms with E-state index >= 15 is 0 Å². The first kappa shape index (κ1) is 21.2. The van der Waals surface area contributed by atoms with E-state index in [1.165, 1.54) is 0 Å². The Kier molecular flexibility index (Phi) is 7.62. The van der Waals surface area contributed by atoms with Crippen LogP contribution in [0.15, 0.2) is 29.4 Å². The highest BCUT2D eigenvalue weighted by atomic mass is 32.2. The summed E-state index contributed by atoms with van der Waals surface area (Å²) in [4.78, 5) is 25.4. The Morgan fingerprint density at radius 3 is 2.33 bits per heavy atom. The molecule has 0 bridgehead atoms. The largest absolute Gasteiger partial charge is 0.362 e. The van der Waals surface area contributed by atoms with Gasteiger partial charge in [0.2, 0.25) is 0 Å². The predicted octanol–water partition coefficient (Wildman–Crippen LogP) is 2.74. The molecule has 1 aromatic carbocycles. The Hall–Kier alpha value is -2.12. The zero-order valence-corrected chi connectivity index (χ0v) is 17.9. The van der Waals surface area contributed by atoms with Crippen molar-refractivity contribution in [1.82, 2.24) is 20.2 Å². The molecule has 0 aliphatic heterocycles. The Morgan fingerprint density at radius 1 is 1.07 bits per heavy atom. The van der Waals surface area contributed by atoms with Gasteiger partial charge in [-0.15, -0.1) is 0 Å². The average molecular weight is 388 g/mol. The summed E-state index contributed by atoms with van der Waals surface area (Å²) in [5.74, 6) is 1.68. The van der Waals surface area contributed by atoms with Crippen molar-refractivity contribution in [3.05, 3.63) is 46.6 Å². The van der Waals surface area contributed by atoms with Gasteiger partial charge in [0.15, 0.2) is 5.16 Å². The van der Waals surface area contributed by atoms with E-state index in [-0.39, 0.29) is 5.91 Å². The van der Waals surface area contributed by atoms with Crippen molar-refractivity contribution < 1.29 is 4.79 Å². The summed E-state index contributed by atoms with van der Waals surface area (Å²) in [6.45, 7) is 5.52. The summed E-state index contributed by atoms with van der Waals surface area (Å²) in [6, 6.07) is 7.71. The first-order chi connectivity index (χ1) is 12.8. The summed E-state index contributed by atoms with van der Waals surface area (Å²) in [5, 5.41) is 3.70. The van der Waals surface area contributed by atoms with Crippen molar-refractivity contribution in [3.8, 4) is 0 Å². The maximum absolute atomic E-state index is 12.1. The molecule has 0 saturated carbocycles. The van der Waals surface area contributed by atoms with Gasteiger partial charge in [-0.3, -0.25) is 4.79 Å². The highest BCUT2D eigenvalue weighted by molar-refractivity contribution is 7.98. The van der Waals surface area contributed by atoms with Crippen LogP contribution in [0.25, 0.3) is 0 Å². The molecule has 1 amide bonds. The number of benzene rings is 1. The van der Waals surface area contributed by atoms with E-state index in [1.807, 2.05) is 76.1 Å². The molecule has 146 valence electrons. The third-order valence-corrected chi connectivity index (χ3v) is 5.11. The molecular weight excluding hydrogens is 358 g/mol. The number of nitrogens with one attached hydrogen (secondary N) is 1. The number of aryl methyl sites for hydroxylation is 1. The average Bonchev–Trinajstić information content (AvgIpc) is 2.62. The van der Waals surface area contributed by atoms with E-state index in [2.05, 4.69) is 15.3 Å². The summed E-state index contributed by atoms with van der Waals surface area (Å²) in [6.07, 6.45) is 0. The SMILES string of the molecule is Cc1nc(SCc2ccc(C(=O)NCCN(C)C)cc2)nc(N(C)C)c1C. The third kappa shape index (κ3) is 6.22. The van der Waals surface area contributed by atoms with Crippen molar-refractivity contribution in [1.29, 1.82) is 0 Å². The number of nitrogens with zero attached hydrogens (tertiary/aromatic N) is 4. The molecule has 27 heavy (non-hydrogen) atoms. The molecule has 0 aliphatic carbocycles. The maximum Gasteiger partial charge on any atom is 0.251 e. The lowest BCUT2D eigenvalue weighted by atomic mass is 10.1. The molecule has 1 N–H and O–H groups in total. The van der Waals surface area contributed by atoms with Crippen molar-refractivity contribution in [2.45, 2.75) is 24.8 Å². The fourth-order valence-electron chi connectivity index (χ4n) is 2.48. The molecule has 1 heterocycles. The third-order valence-electron chi connectivity index (χ3n) is 4.20. The minimum absolute atomic E-state index is 0.0378. The summed E-state index contributed by atoms with van der Waals surface area (Å²) in [7, 11) is 7.95. The number of anilines is 1. The summed E-state index contributed by atoms with van der Waals surface area (Å²) in [5.41, 5.74) is 3.92. The van der Waals surface area contributed by atoms with E-state index in [9.17, 15) is 4.79 Å². The quantitative estimate of drug-likeness (QED) is 0.555. The van der Waals surface area contributed by atoms with Gasteiger partial charge in [-0.25, -0.2) is 9.97 Å². The van der Waals surface area contributed by atoms with Gasteiger partial charge in [0.05, 0.1) is 0 Å².